The van der Waals surface area contributed by atoms with Crippen molar-refractivity contribution in [2.24, 2.45) is 10.2 Å². The van der Waals surface area contributed by atoms with E-state index in [1.54, 1.807) is 111 Å². The van der Waals surface area contributed by atoms with E-state index in [2.05, 4.69) is 31.7 Å². The number of rotatable bonds is 11. The highest BCUT2D eigenvalue weighted by molar-refractivity contribution is 6.31. The van der Waals surface area contributed by atoms with Crippen molar-refractivity contribution in [3.63, 3.8) is 0 Å². The number of carbonyl (C=O) groups excluding carboxylic acids is 4. The van der Waals surface area contributed by atoms with Gasteiger partial charge in [-0.1, -0.05) is 47.5 Å². The van der Waals surface area contributed by atoms with Gasteiger partial charge in [0.05, 0.1) is 11.4 Å². The van der Waals surface area contributed by atoms with Gasteiger partial charge < -0.3 is 10.6 Å². The summed E-state index contributed by atoms with van der Waals surface area (Å²) in [6.45, 7) is 3.46. The molecule has 0 aliphatic carbocycles. The average Bonchev–Trinajstić information content (AvgIpc) is 3.06. The molecule has 0 heterocycles. The second kappa shape index (κ2) is 16.1. The number of carbonyl (C=O) groups is 4. The van der Waals surface area contributed by atoms with Crippen LogP contribution in [0, 0.1) is 0 Å². The lowest BCUT2D eigenvalue weighted by atomic mass is 10.1. The Hall–Kier alpha value is -5.32. The topological polar surface area (TPSA) is 141 Å². The van der Waals surface area contributed by atoms with E-state index in [-0.39, 0.29) is 24.7 Å². The summed E-state index contributed by atoms with van der Waals surface area (Å²) < 4.78 is 0. The molecular weight excluding hydrogens is 627 g/mol. The molecule has 0 aliphatic rings. The fourth-order valence-electron chi connectivity index (χ4n) is 3.96. The van der Waals surface area contributed by atoms with E-state index >= 15 is 0 Å². The van der Waals surface area contributed by atoms with E-state index in [9.17, 15) is 19.2 Å². The Kier molecular flexibility index (Phi) is 11.8. The zero-order chi connectivity index (χ0) is 33.1. The van der Waals surface area contributed by atoms with E-state index in [0.717, 1.165) is 11.1 Å². The Labute approximate surface area is 275 Å². The first-order chi connectivity index (χ1) is 22.1. The highest BCUT2D eigenvalue weighted by Gasteiger charge is 2.10. The van der Waals surface area contributed by atoms with Crippen molar-refractivity contribution in [2.75, 3.05) is 10.6 Å². The van der Waals surface area contributed by atoms with E-state index in [0.29, 0.717) is 44.0 Å². The van der Waals surface area contributed by atoms with Gasteiger partial charge in [0.2, 0.25) is 11.8 Å². The molecule has 0 saturated heterocycles. The van der Waals surface area contributed by atoms with Gasteiger partial charge in [0, 0.05) is 45.4 Å². The minimum Gasteiger partial charge on any atom is -0.322 e. The zero-order valence-corrected chi connectivity index (χ0v) is 26.4. The minimum atomic E-state index is -0.432. The van der Waals surface area contributed by atoms with Gasteiger partial charge in [-0.05, 0) is 97.8 Å². The van der Waals surface area contributed by atoms with Crippen LogP contribution in [0.3, 0.4) is 0 Å². The lowest BCUT2D eigenvalue weighted by Gasteiger charge is -2.08. The van der Waals surface area contributed by atoms with Crippen LogP contribution in [0.2, 0.25) is 10.0 Å². The van der Waals surface area contributed by atoms with Crippen LogP contribution in [0.15, 0.2) is 107 Å². The van der Waals surface area contributed by atoms with Crippen LogP contribution in [-0.2, 0) is 9.59 Å². The number of hydrogen-bond acceptors (Lipinski definition) is 6. The van der Waals surface area contributed by atoms with Gasteiger partial charge in [0.15, 0.2) is 0 Å². The third-order valence-electron chi connectivity index (χ3n) is 6.61. The minimum absolute atomic E-state index is 0.0884. The molecule has 4 aromatic carbocycles. The Balaban J connectivity index is 1.19. The molecule has 10 nitrogen and oxygen atoms in total. The number of hydrazone groups is 2. The number of amides is 4. The third kappa shape index (κ3) is 10.1. The second-order valence-electron chi connectivity index (χ2n) is 10.0. The molecule has 0 aromatic heterocycles. The molecule has 0 unspecified atom stereocenters. The quantitative estimate of drug-likeness (QED) is 0.106. The van der Waals surface area contributed by atoms with Gasteiger partial charge in [-0.3, -0.25) is 19.2 Å². The summed E-state index contributed by atoms with van der Waals surface area (Å²) in [5.41, 5.74) is 9.62. The molecule has 46 heavy (non-hydrogen) atoms. The Bertz CT molecular complexity index is 1640. The van der Waals surface area contributed by atoms with Gasteiger partial charge >= 0.3 is 0 Å². The summed E-state index contributed by atoms with van der Waals surface area (Å²) in [4.78, 5) is 49.3. The van der Waals surface area contributed by atoms with Gasteiger partial charge in [-0.25, -0.2) is 10.9 Å². The number of halogens is 2. The van der Waals surface area contributed by atoms with Crippen molar-refractivity contribution >= 4 is 69.6 Å². The van der Waals surface area contributed by atoms with Crippen LogP contribution >= 0.6 is 23.2 Å². The number of nitrogens with one attached hydrogen (secondary N) is 4. The maximum Gasteiger partial charge on any atom is 0.255 e. The smallest absolute Gasteiger partial charge is 0.255 e. The Morgan fingerprint density at radius 2 is 0.804 bits per heavy atom. The molecule has 4 N–H and O–H groups in total. The maximum absolute atomic E-state index is 12.4. The van der Waals surface area contributed by atoms with E-state index in [1.807, 2.05) is 0 Å². The van der Waals surface area contributed by atoms with Crippen molar-refractivity contribution in [2.45, 2.75) is 26.7 Å². The fourth-order valence-corrected chi connectivity index (χ4v) is 4.21. The normalized spacial score (nSPS) is 11.4. The summed E-state index contributed by atoms with van der Waals surface area (Å²) in [5.74, 6) is -1.39. The molecule has 12 heteroatoms. The number of nitrogens with zero attached hydrogens (tertiary/aromatic N) is 2. The molecule has 4 aromatic rings. The van der Waals surface area contributed by atoms with Crippen LogP contribution in [0.4, 0.5) is 11.4 Å². The van der Waals surface area contributed by atoms with Crippen molar-refractivity contribution in [1.29, 1.82) is 0 Å². The summed E-state index contributed by atoms with van der Waals surface area (Å²) in [7, 11) is 0. The van der Waals surface area contributed by atoms with Gasteiger partial charge in [-0.2, -0.15) is 10.2 Å². The molecule has 0 spiro atoms. The van der Waals surface area contributed by atoms with Gasteiger partial charge in [0.1, 0.15) is 0 Å². The van der Waals surface area contributed by atoms with Crippen molar-refractivity contribution in [3.8, 4) is 0 Å². The third-order valence-corrected chi connectivity index (χ3v) is 7.11. The Morgan fingerprint density at radius 1 is 0.500 bits per heavy atom. The lowest BCUT2D eigenvalue weighted by molar-refractivity contribution is -0.126. The van der Waals surface area contributed by atoms with E-state index in [1.165, 1.54) is 0 Å². The van der Waals surface area contributed by atoms with Crippen molar-refractivity contribution in [1.82, 2.24) is 10.9 Å². The highest BCUT2D eigenvalue weighted by Crippen LogP contribution is 2.16. The largest absolute Gasteiger partial charge is 0.322 e. The van der Waals surface area contributed by atoms with Crippen LogP contribution in [0.25, 0.3) is 0 Å². The van der Waals surface area contributed by atoms with Crippen LogP contribution < -0.4 is 21.5 Å². The molecule has 0 aliphatic heterocycles. The molecule has 0 atom stereocenters. The van der Waals surface area contributed by atoms with Crippen LogP contribution in [0.1, 0.15) is 58.5 Å². The summed E-state index contributed by atoms with van der Waals surface area (Å²) in [5, 5.41) is 14.9. The zero-order valence-electron chi connectivity index (χ0n) is 24.9. The molecule has 0 radical (unpaired) electrons. The van der Waals surface area contributed by atoms with Crippen molar-refractivity contribution in [3.05, 3.63) is 129 Å². The molecule has 234 valence electrons. The molecule has 4 amide bonds. The molecule has 0 bridgehead atoms. The molecule has 0 fully saturated rings. The Morgan fingerprint density at radius 3 is 1.13 bits per heavy atom. The van der Waals surface area contributed by atoms with E-state index < -0.39 is 11.8 Å². The maximum atomic E-state index is 12.4. The van der Waals surface area contributed by atoms with Gasteiger partial charge in [0.25, 0.3) is 11.8 Å². The first kappa shape index (κ1) is 33.6. The molecular formula is C34H30Cl2N6O4. The fraction of sp³-hybridized carbons (Fsp3) is 0.118. The SMILES string of the molecule is C/C(=N\NC(=O)CCC(=O)N/N=C(\C)c1ccc(NC(=O)c2ccc(Cl)cc2)cc1)c1ccc(NC(=O)c2ccc(Cl)cc2)cc1. The predicted molar refractivity (Wildman–Crippen MR) is 182 cm³/mol. The standard InChI is InChI=1S/C34H30Cl2N6O4/c1-21(23-7-15-29(16-8-23)37-33(45)25-3-11-27(35)12-4-25)39-41-31(43)19-20-32(44)42-40-22(2)24-9-17-30(18-10-24)38-34(46)26-5-13-28(36)14-6-26/h3-18H,19-20H2,1-2H3,(H,37,45)(H,38,46)(H,41,43)(H,42,44)/b39-21+,40-22+. The van der Waals surface area contributed by atoms with Crippen LogP contribution in [-0.4, -0.2) is 35.1 Å². The van der Waals surface area contributed by atoms with E-state index in [4.69, 9.17) is 23.2 Å². The number of anilines is 2. The highest BCUT2D eigenvalue weighted by atomic mass is 35.5. The summed E-state index contributed by atoms with van der Waals surface area (Å²) in [6.07, 6.45) is -0.177. The second-order valence-corrected chi connectivity index (χ2v) is 10.9. The molecule has 0 saturated carbocycles. The first-order valence-electron chi connectivity index (χ1n) is 14.1. The first-order valence-corrected chi connectivity index (χ1v) is 14.8. The summed E-state index contributed by atoms with van der Waals surface area (Å²) >= 11 is 11.7. The average molecular weight is 658 g/mol. The van der Waals surface area contributed by atoms with Crippen LogP contribution in [0.5, 0.6) is 0 Å². The van der Waals surface area contributed by atoms with Gasteiger partial charge in [-0.15, -0.1) is 0 Å². The number of hydrogen-bond donors (Lipinski definition) is 4. The number of benzene rings is 4. The molecule has 4 rings (SSSR count). The van der Waals surface area contributed by atoms with Crippen molar-refractivity contribution < 1.29 is 19.2 Å². The lowest BCUT2D eigenvalue weighted by Crippen LogP contribution is -2.24. The predicted octanol–water partition coefficient (Wildman–Crippen LogP) is 6.66. The monoisotopic (exact) mass is 656 g/mol. The summed E-state index contributed by atoms with van der Waals surface area (Å²) in [6, 6.07) is 27.1.